The SMILES string of the molecule is Cc1sc([C@H](N)CO)cc1Br. The number of hydrogen-bond acceptors (Lipinski definition) is 3. The normalized spacial score (nSPS) is 13.5. The van der Waals surface area contributed by atoms with E-state index in [0.29, 0.717) is 0 Å². The monoisotopic (exact) mass is 235 g/mol. The van der Waals surface area contributed by atoms with Crippen molar-refractivity contribution in [3.63, 3.8) is 0 Å². The van der Waals surface area contributed by atoms with Gasteiger partial charge in [0.15, 0.2) is 0 Å². The number of nitrogens with two attached hydrogens (primary N) is 1. The van der Waals surface area contributed by atoms with E-state index >= 15 is 0 Å². The van der Waals surface area contributed by atoms with Crippen molar-refractivity contribution in [2.24, 2.45) is 5.73 Å². The van der Waals surface area contributed by atoms with Gasteiger partial charge < -0.3 is 10.8 Å². The van der Waals surface area contributed by atoms with Gasteiger partial charge in [0.25, 0.3) is 0 Å². The summed E-state index contributed by atoms with van der Waals surface area (Å²) in [5, 5.41) is 8.75. The minimum Gasteiger partial charge on any atom is -0.394 e. The van der Waals surface area contributed by atoms with Gasteiger partial charge in [-0.25, -0.2) is 0 Å². The van der Waals surface area contributed by atoms with Gasteiger partial charge in [0.1, 0.15) is 0 Å². The van der Waals surface area contributed by atoms with Gasteiger partial charge in [0.2, 0.25) is 0 Å². The van der Waals surface area contributed by atoms with Crippen LogP contribution in [0.5, 0.6) is 0 Å². The van der Waals surface area contributed by atoms with E-state index < -0.39 is 0 Å². The van der Waals surface area contributed by atoms with Crippen molar-refractivity contribution < 1.29 is 5.11 Å². The van der Waals surface area contributed by atoms with Gasteiger partial charge in [0, 0.05) is 14.2 Å². The molecule has 0 aliphatic heterocycles. The third-order valence-electron chi connectivity index (χ3n) is 1.44. The lowest BCUT2D eigenvalue weighted by atomic mass is 10.3. The fraction of sp³-hybridized carbons (Fsp3) is 0.429. The zero-order valence-corrected chi connectivity index (χ0v) is 8.58. The summed E-state index contributed by atoms with van der Waals surface area (Å²) in [5.41, 5.74) is 5.62. The molecule has 0 saturated carbocycles. The number of thiophene rings is 1. The molecule has 0 spiro atoms. The lowest BCUT2D eigenvalue weighted by molar-refractivity contribution is 0.269. The van der Waals surface area contributed by atoms with Crippen LogP contribution in [0.25, 0.3) is 0 Å². The van der Waals surface area contributed by atoms with E-state index in [-0.39, 0.29) is 12.6 Å². The van der Waals surface area contributed by atoms with Crippen LogP contribution in [-0.4, -0.2) is 11.7 Å². The second-order valence-corrected chi connectivity index (χ2v) is 4.48. The van der Waals surface area contributed by atoms with Crippen LogP contribution in [0.4, 0.5) is 0 Å². The lowest BCUT2D eigenvalue weighted by Crippen LogP contribution is -2.12. The Bertz CT molecular complexity index is 229. The second kappa shape index (κ2) is 3.67. The highest BCUT2D eigenvalue weighted by Crippen LogP contribution is 2.29. The maximum Gasteiger partial charge on any atom is 0.0632 e. The maximum absolute atomic E-state index is 8.75. The fourth-order valence-corrected chi connectivity index (χ4v) is 2.31. The summed E-state index contributed by atoms with van der Waals surface area (Å²) in [6.45, 7) is 2.02. The fourth-order valence-electron chi connectivity index (χ4n) is 0.754. The van der Waals surface area contributed by atoms with Crippen molar-refractivity contribution in [1.82, 2.24) is 0 Å². The molecule has 1 rings (SSSR count). The molecule has 1 aromatic heterocycles. The molecule has 0 radical (unpaired) electrons. The van der Waals surface area contributed by atoms with Gasteiger partial charge >= 0.3 is 0 Å². The summed E-state index contributed by atoms with van der Waals surface area (Å²) in [6.07, 6.45) is 0. The minimum atomic E-state index is -0.231. The predicted octanol–water partition coefficient (Wildman–Crippen LogP) is 1.81. The van der Waals surface area contributed by atoms with Crippen molar-refractivity contribution in [3.05, 3.63) is 20.3 Å². The summed E-state index contributed by atoms with van der Waals surface area (Å²) >= 11 is 5.00. The van der Waals surface area contributed by atoms with Crippen molar-refractivity contribution >= 4 is 27.3 Å². The molecule has 0 amide bonds. The largest absolute Gasteiger partial charge is 0.394 e. The zero-order valence-electron chi connectivity index (χ0n) is 6.17. The van der Waals surface area contributed by atoms with Gasteiger partial charge in [-0.2, -0.15) is 0 Å². The topological polar surface area (TPSA) is 46.2 Å². The third kappa shape index (κ3) is 2.02. The van der Waals surface area contributed by atoms with Gasteiger partial charge in [-0.3, -0.25) is 0 Å². The molecule has 0 unspecified atom stereocenters. The molecular formula is C7H10BrNOS. The molecule has 0 bridgehead atoms. The van der Waals surface area contributed by atoms with E-state index in [0.717, 1.165) is 9.35 Å². The third-order valence-corrected chi connectivity index (χ3v) is 3.71. The quantitative estimate of drug-likeness (QED) is 0.822. The molecule has 11 heavy (non-hydrogen) atoms. The molecular weight excluding hydrogens is 226 g/mol. The molecule has 2 nitrogen and oxygen atoms in total. The molecule has 0 aromatic carbocycles. The van der Waals surface area contributed by atoms with Gasteiger partial charge in [0.05, 0.1) is 12.6 Å². The van der Waals surface area contributed by atoms with E-state index in [4.69, 9.17) is 10.8 Å². The van der Waals surface area contributed by atoms with Gasteiger partial charge in [-0.1, -0.05) is 0 Å². The number of aryl methyl sites for hydroxylation is 1. The van der Waals surface area contributed by atoms with Crippen LogP contribution in [-0.2, 0) is 0 Å². The first-order chi connectivity index (χ1) is 5.15. The molecule has 1 atom stereocenters. The molecule has 0 aliphatic carbocycles. The Morgan fingerprint density at radius 1 is 1.82 bits per heavy atom. The summed E-state index contributed by atoms with van der Waals surface area (Å²) in [7, 11) is 0. The van der Waals surface area contributed by atoms with E-state index in [1.165, 1.54) is 4.88 Å². The molecule has 4 heteroatoms. The molecule has 1 aromatic rings. The maximum atomic E-state index is 8.75. The Balaban J connectivity index is 2.88. The van der Waals surface area contributed by atoms with Crippen LogP contribution >= 0.6 is 27.3 Å². The average molecular weight is 236 g/mol. The van der Waals surface area contributed by atoms with Crippen LogP contribution in [0.15, 0.2) is 10.5 Å². The number of halogens is 1. The first-order valence-electron chi connectivity index (χ1n) is 3.27. The van der Waals surface area contributed by atoms with Crippen molar-refractivity contribution in [1.29, 1.82) is 0 Å². The van der Waals surface area contributed by atoms with Crippen molar-refractivity contribution in [3.8, 4) is 0 Å². The van der Waals surface area contributed by atoms with Crippen molar-refractivity contribution in [2.75, 3.05) is 6.61 Å². The highest BCUT2D eigenvalue weighted by molar-refractivity contribution is 9.10. The standard InChI is InChI=1S/C7H10BrNOS/c1-4-5(8)2-7(11-4)6(9)3-10/h2,6,10H,3,9H2,1H3/t6-/m1/s1. The zero-order chi connectivity index (χ0) is 8.43. The van der Waals surface area contributed by atoms with Crippen molar-refractivity contribution in [2.45, 2.75) is 13.0 Å². The Morgan fingerprint density at radius 3 is 2.82 bits per heavy atom. The molecule has 0 aliphatic rings. The summed E-state index contributed by atoms with van der Waals surface area (Å²) in [5.74, 6) is 0. The molecule has 3 N–H and O–H groups in total. The van der Waals surface area contributed by atoms with E-state index in [2.05, 4.69) is 15.9 Å². The number of aliphatic hydroxyl groups is 1. The summed E-state index contributed by atoms with van der Waals surface area (Å²) < 4.78 is 1.07. The average Bonchev–Trinajstić information content (AvgIpc) is 2.31. The Morgan fingerprint density at radius 2 is 2.45 bits per heavy atom. The lowest BCUT2D eigenvalue weighted by Gasteiger charge is -2.02. The van der Waals surface area contributed by atoms with Crippen LogP contribution < -0.4 is 5.73 Å². The molecule has 0 fully saturated rings. The second-order valence-electron chi connectivity index (χ2n) is 2.34. The van der Waals surface area contributed by atoms with Crippen LogP contribution in [0.3, 0.4) is 0 Å². The smallest absolute Gasteiger partial charge is 0.0632 e. The number of aliphatic hydroxyl groups excluding tert-OH is 1. The predicted molar refractivity (Wildman–Crippen MR) is 50.8 cm³/mol. The summed E-state index contributed by atoms with van der Waals surface area (Å²) in [6, 6.07) is 1.73. The molecule has 1 heterocycles. The van der Waals surface area contributed by atoms with Gasteiger partial charge in [-0.05, 0) is 28.9 Å². The van der Waals surface area contributed by atoms with E-state index in [1.807, 2.05) is 13.0 Å². The molecule has 0 saturated heterocycles. The Hall–Kier alpha value is 0.100. The van der Waals surface area contributed by atoms with Crippen LogP contribution in [0.2, 0.25) is 0 Å². The highest BCUT2D eigenvalue weighted by atomic mass is 79.9. The number of rotatable bonds is 2. The summed E-state index contributed by atoms with van der Waals surface area (Å²) in [4.78, 5) is 2.22. The van der Waals surface area contributed by atoms with Crippen LogP contribution in [0.1, 0.15) is 15.8 Å². The molecule has 62 valence electrons. The Labute approximate surface area is 78.2 Å². The first kappa shape index (κ1) is 9.19. The van der Waals surface area contributed by atoms with Gasteiger partial charge in [-0.15, -0.1) is 11.3 Å². The minimum absolute atomic E-state index is 0.00634. The van der Waals surface area contributed by atoms with E-state index in [9.17, 15) is 0 Å². The van der Waals surface area contributed by atoms with Crippen LogP contribution in [0, 0.1) is 6.92 Å². The Kier molecular flexibility index (Phi) is 3.06. The number of hydrogen-bond donors (Lipinski definition) is 2. The highest BCUT2D eigenvalue weighted by Gasteiger charge is 2.08. The van der Waals surface area contributed by atoms with E-state index in [1.54, 1.807) is 11.3 Å². The first-order valence-corrected chi connectivity index (χ1v) is 4.88.